The molecule has 0 spiro atoms. The van der Waals surface area contributed by atoms with Crippen molar-refractivity contribution in [1.82, 2.24) is 44.9 Å². The highest BCUT2D eigenvalue weighted by molar-refractivity contribution is 6.16. The standard InChI is InChI=1S/3C43H31N3O/c1-43(2)37-20-12-11-19-35(37)39(47)36-27-32(25-26-38(36)43)28-21-23-29(24-22-28)33-17-9-10-18-34(33)42-45-40(30-13-5-3-6-14-30)44-41(46-42)31-15-7-4-8-16-31;1-43(2)37-19-10-9-18-35(37)39(47)36-27-33(24-25-38(36)43)29-22-20-28(21-23-29)32-16-11-17-34(26-32)42-45-40(30-12-5-3-6-13-30)44-41(46-42)31-14-7-4-8-15-31;1-43(2)37-19-10-9-18-35(37)39(47)36-27-34(24-25-38(36)43)33-17-11-16-32(26-33)28-20-22-31(23-21-28)42-45-40(29-12-5-3-6-13-29)44-41(46-42)30-14-7-4-8-15-30/h3*3-27H,1-2H3. The summed E-state index contributed by atoms with van der Waals surface area (Å²) in [5.41, 5.74) is 31.5. The summed E-state index contributed by atoms with van der Waals surface area (Å²) in [5.74, 6) is 5.96. The lowest BCUT2D eigenvalue weighted by Gasteiger charge is -2.34. The van der Waals surface area contributed by atoms with Gasteiger partial charge in [0, 0.05) is 99.7 Å². The molecule has 0 aliphatic heterocycles. The number of benzene rings is 18. The second-order valence-corrected chi connectivity index (χ2v) is 37.3. The van der Waals surface area contributed by atoms with Crippen LogP contribution in [-0.4, -0.2) is 62.2 Å². The van der Waals surface area contributed by atoms with Gasteiger partial charge in [-0.25, -0.2) is 44.9 Å². The van der Waals surface area contributed by atoms with E-state index in [1.54, 1.807) is 0 Å². The normalized spacial score (nSPS) is 13.1. The Morgan fingerprint density at radius 2 is 0.305 bits per heavy atom. The van der Waals surface area contributed by atoms with E-state index in [1.165, 1.54) is 0 Å². The van der Waals surface area contributed by atoms with Crippen LogP contribution in [0.25, 0.3) is 169 Å². The molecule has 3 heterocycles. The fourth-order valence-corrected chi connectivity index (χ4v) is 19.9. The minimum Gasteiger partial charge on any atom is -0.289 e. The van der Waals surface area contributed by atoms with Gasteiger partial charge in [0.1, 0.15) is 0 Å². The summed E-state index contributed by atoms with van der Waals surface area (Å²) >= 11 is 0. The first-order valence-electron chi connectivity index (χ1n) is 47.5. The summed E-state index contributed by atoms with van der Waals surface area (Å²) in [4.78, 5) is 84.8. The van der Waals surface area contributed by atoms with Gasteiger partial charge in [0.15, 0.2) is 69.8 Å². The average Bonchev–Trinajstić information content (AvgIpc) is 0.737. The second-order valence-electron chi connectivity index (χ2n) is 37.3. The van der Waals surface area contributed by atoms with Gasteiger partial charge in [-0.05, 0) is 130 Å². The monoisotopic (exact) mass is 1820 g/mol. The number of carbonyl (C=O) groups is 3. The second kappa shape index (κ2) is 37.2. The van der Waals surface area contributed by atoms with Crippen molar-refractivity contribution in [3.8, 4) is 169 Å². The predicted molar refractivity (Wildman–Crippen MR) is 567 cm³/mol. The van der Waals surface area contributed by atoms with Crippen molar-refractivity contribution < 1.29 is 14.4 Å². The molecule has 3 aliphatic rings. The highest BCUT2D eigenvalue weighted by Gasteiger charge is 2.40. The highest BCUT2D eigenvalue weighted by atomic mass is 16.1. The Labute approximate surface area is 819 Å². The molecule has 0 unspecified atom stereocenters. The molecule has 0 N–H and O–H groups in total. The number of nitrogens with zero attached hydrogens (tertiary/aromatic N) is 9. The Hall–Kier alpha value is -18.0. The number of hydrogen-bond donors (Lipinski definition) is 0. The Balaban J connectivity index is 0.000000121. The van der Waals surface area contributed by atoms with Crippen molar-refractivity contribution in [3.05, 3.63) is 522 Å². The van der Waals surface area contributed by atoms with E-state index in [0.29, 0.717) is 52.4 Å². The first-order chi connectivity index (χ1) is 68.9. The van der Waals surface area contributed by atoms with E-state index < -0.39 is 0 Å². The van der Waals surface area contributed by atoms with Crippen LogP contribution in [0.2, 0.25) is 0 Å². The third-order valence-corrected chi connectivity index (χ3v) is 27.5. The summed E-state index contributed by atoms with van der Waals surface area (Å²) in [5, 5.41) is 0. The van der Waals surface area contributed by atoms with E-state index in [2.05, 4.69) is 236 Å². The molecule has 3 aromatic heterocycles. The summed E-state index contributed by atoms with van der Waals surface area (Å²) in [6.45, 7) is 13.2. The average molecular weight is 1820 g/mol. The third-order valence-electron chi connectivity index (χ3n) is 27.5. The van der Waals surface area contributed by atoms with Crippen LogP contribution in [0.15, 0.2) is 455 Å². The van der Waals surface area contributed by atoms with Gasteiger partial charge < -0.3 is 0 Å². The van der Waals surface area contributed by atoms with Crippen molar-refractivity contribution in [2.75, 3.05) is 0 Å². The predicted octanol–water partition coefficient (Wildman–Crippen LogP) is 30.2. The Morgan fingerprint density at radius 3 is 0.603 bits per heavy atom. The summed E-state index contributed by atoms with van der Waals surface area (Å²) in [6.07, 6.45) is 0. The Bertz CT molecular complexity index is 8210. The van der Waals surface area contributed by atoms with E-state index >= 15 is 0 Å². The largest absolute Gasteiger partial charge is 0.289 e. The molecule has 0 saturated carbocycles. The van der Waals surface area contributed by atoms with Crippen LogP contribution < -0.4 is 0 Å². The molecule has 141 heavy (non-hydrogen) atoms. The zero-order valence-corrected chi connectivity index (χ0v) is 78.6. The Kier molecular flexibility index (Phi) is 23.3. The van der Waals surface area contributed by atoms with E-state index in [-0.39, 0.29) is 33.6 Å². The van der Waals surface area contributed by atoms with Gasteiger partial charge in [-0.3, -0.25) is 14.4 Å². The van der Waals surface area contributed by atoms with Crippen LogP contribution in [0.4, 0.5) is 0 Å². The van der Waals surface area contributed by atoms with Crippen LogP contribution in [0.5, 0.6) is 0 Å². The molecule has 0 atom stereocenters. The van der Waals surface area contributed by atoms with E-state index in [9.17, 15) is 14.4 Å². The molecule has 0 bridgehead atoms. The van der Waals surface area contributed by atoms with Gasteiger partial charge in [0.2, 0.25) is 0 Å². The lowest BCUT2D eigenvalue weighted by molar-refractivity contribution is 0.102. The topological polar surface area (TPSA) is 167 Å². The van der Waals surface area contributed by atoms with Gasteiger partial charge in [0.25, 0.3) is 0 Å². The van der Waals surface area contributed by atoms with Gasteiger partial charge in [-0.1, -0.05) is 466 Å². The van der Waals surface area contributed by atoms with E-state index in [4.69, 9.17) is 44.9 Å². The van der Waals surface area contributed by atoms with Crippen molar-refractivity contribution >= 4 is 17.3 Å². The van der Waals surface area contributed by atoms with Gasteiger partial charge >= 0.3 is 0 Å². The number of rotatable bonds is 15. The Morgan fingerprint density at radius 1 is 0.128 bits per heavy atom. The van der Waals surface area contributed by atoms with Crippen molar-refractivity contribution in [2.24, 2.45) is 0 Å². The fraction of sp³-hybridized carbons (Fsp3) is 0.0698. The zero-order valence-electron chi connectivity index (χ0n) is 78.6. The molecular weight excluding hydrogens is 1720 g/mol. The molecule has 21 aromatic rings. The number of carbonyl (C=O) groups excluding carboxylic acids is 3. The molecule has 12 nitrogen and oxygen atoms in total. The smallest absolute Gasteiger partial charge is 0.193 e. The number of aromatic nitrogens is 9. The van der Waals surface area contributed by atoms with Crippen molar-refractivity contribution in [2.45, 2.75) is 57.8 Å². The van der Waals surface area contributed by atoms with E-state index in [1.807, 2.05) is 261 Å². The van der Waals surface area contributed by atoms with Gasteiger partial charge in [0.05, 0.1) is 0 Å². The molecule has 0 amide bonds. The number of hydrogen-bond acceptors (Lipinski definition) is 12. The highest BCUT2D eigenvalue weighted by Crippen LogP contribution is 2.48. The molecular formula is C129H93N9O3. The maximum atomic E-state index is 13.6. The lowest BCUT2D eigenvalue weighted by Crippen LogP contribution is -2.30. The van der Waals surface area contributed by atoms with Crippen LogP contribution in [0.3, 0.4) is 0 Å². The number of fused-ring (bicyclic) bond motifs is 6. The molecule has 0 fully saturated rings. The summed E-state index contributed by atoms with van der Waals surface area (Å²) in [7, 11) is 0. The molecule has 12 heteroatoms. The fourth-order valence-electron chi connectivity index (χ4n) is 19.9. The third kappa shape index (κ3) is 17.3. The molecule has 18 aromatic carbocycles. The van der Waals surface area contributed by atoms with Crippen LogP contribution in [0.1, 0.15) is 123 Å². The van der Waals surface area contributed by atoms with Gasteiger partial charge in [-0.15, -0.1) is 0 Å². The van der Waals surface area contributed by atoms with Crippen LogP contribution in [-0.2, 0) is 16.2 Å². The first-order valence-corrected chi connectivity index (χ1v) is 47.5. The van der Waals surface area contributed by atoms with Crippen LogP contribution >= 0.6 is 0 Å². The molecule has 24 rings (SSSR count). The maximum Gasteiger partial charge on any atom is 0.193 e. The maximum absolute atomic E-state index is 13.6. The zero-order chi connectivity index (χ0) is 95.9. The SMILES string of the molecule is CC1(C)c2ccccc2C(=O)c2cc(-c3ccc(-c4cccc(-c5nc(-c6ccccc6)nc(-c6ccccc6)n5)c4)cc3)ccc21.CC1(C)c2ccccc2C(=O)c2cc(-c3ccc(-c4ccccc4-c4nc(-c5ccccc5)nc(-c5ccccc5)n4)cc3)ccc21.CC1(C)c2ccccc2C(=O)c2cc(-c3cccc(-c4ccc(-c5nc(-c6ccccc6)nc(-c6ccccc6)n5)cc4)c3)ccc21. The van der Waals surface area contributed by atoms with Crippen molar-refractivity contribution in [3.63, 3.8) is 0 Å². The molecule has 672 valence electrons. The van der Waals surface area contributed by atoms with Crippen molar-refractivity contribution in [1.29, 1.82) is 0 Å². The quantitative estimate of drug-likeness (QED) is 0.0954. The minimum absolute atomic E-state index is 0.0874. The molecule has 0 saturated heterocycles. The minimum atomic E-state index is -0.248. The summed E-state index contributed by atoms with van der Waals surface area (Å²) in [6, 6.07) is 153. The first kappa shape index (κ1) is 88.3. The molecule has 0 radical (unpaired) electrons. The lowest BCUT2D eigenvalue weighted by atomic mass is 9.68. The number of ketones is 3. The summed E-state index contributed by atoms with van der Waals surface area (Å²) < 4.78 is 0. The van der Waals surface area contributed by atoms with Crippen LogP contribution in [0, 0.1) is 0 Å². The van der Waals surface area contributed by atoms with Gasteiger partial charge in [-0.2, -0.15) is 0 Å². The molecule has 3 aliphatic carbocycles. The van der Waals surface area contributed by atoms with E-state index in [0.717, 1.165) is 184 Å².